The highest BCUT2D eigenvalue weighted by atomic mass is 32.2. The Morgan fingerprint density at radius 3 is 2.71 bits per heavy atom. The number of nitrogens with zero attached hydrogens (tertiary/aromatic N) is 6. The zero-order chi connectivity index (χ0) is 24.0. The van der Waals surface area contributed by atoms with Crippen LogP contribution in [0.4, 0.5) is 5.13 Å². The van der Waals surface area contributed by atoms with Gasteiger partial charge in [-0.25, -0.2) is 9.55 Å². The monoisotopic (exact) mass is 490 g/mol. The van der Waals surface area contributed by atoms with Gasteiger partial charge in [0, 0.05) is 25.1 Å². The highest BCUT2D eigenvalue weighted by Crippen LogP contribution is 2.28. The molecule has 34 heavy (non-hydrogen) atoms. The molecular formula is C24H22N6O2S2. The number of hydrogen-bond acceptors (Lipinski definition) is 7. The van der Waals surface area contributed by atoms with Gasteiger partial charge in [-0.1, -0.05) is 41.6 Å². The van der Waals surface area contributed by atoms with E-state index in [-0.39, 0.29) is 11.5 Å². The van der Waals surface area contributed by atoms with E-state index in [4.69, 9.17) is 0 Å². The Labute approximate surface area is 203 Å². The number of para-hydroxylation sites is 1. The molecule has 0 bridgehead atoms. The topological polar surface area (TPSA) is 85.4 Å². The van der Waals surface area contributed by atoms with Crippen molar-refractivity contribution in [1.29, 1.82) is 0 Å². The fourth-order valence-corrected chi connectivity index (χ4v) is 5.61. The van der Waals surface area contributed by atoms with Gasteiger partial charge in [-0.15, -0.1) is 21.5 Å². The Kier molecular flexibility index (Phi) is 5.70. The first kappa shape index (κ1) is 22.3. The smallest absolute Gasteiger partial charge is 0.267 e. The third-order valence-electron chi connectivity index (χ3n) is 5.64. The van der Waals surface area contributed by atoms with Crippen molar-refractivity contribution in [2.24, 2.45) is 0 Å². The van der Waals surface area contributed by atoms with Crippen LogP contribution in [0.1, 0.15) is 23.7 Å². The van der Waals surface area contributed by atoms with Crippen molar-refractivity contribution in [1.82, 2.24) is 24.1 Å². The molecule has 0 aliphatic heterocycles. The largest absolute Gasteiger partial charge is 0.292 e. The summed E-state index contributed by atoms with van der Waals surface area (Å²) in [7, 11) is 1.71. The first-order valence-corrected chi connectivity index (χ1v) is 12.5. The van der Waals surface area contributed by atoms with E-state index < -0.39 is 0 Å². The highest BCUT2D eigenvalue weighted by molar-refractivity contribution is 7.98. The Morgan fingerprint density at radius 2 is 1.94 bits per heavy atom. The van der Waals surface area contributed by atoms with Gasteiger partial charge in [0.2, 0.25) is 11.7 Å². The Hall–Kier alpha value is -3.50. The number of carbonyl (C=O) groups excluding carboxylic acids is 1. The fourth-order valence-electron chi connectivity index (χ4n) is 3.84. The lowest BCUT2D eigenvalue weighted by atomic mass is 10.1. The van der Waals surface area contributed by atoms with Gasteiger partial charge in [0.05, 0.1) is 22.3 Å². The second-order valence-electron chi connectivity index (χ2n) is 8.05. The average molecular weight is 491 g/mol. The van der Waals surface area contributed by atoms with Crippen LogP contribution in [0.25, 0.3) is 22.4 Å². The minimum atomic E-state index is -0.129. The molecule has 3 heterocycles. The number of rotatable bonds is 5. The quantitative estimate of drug-likeness (QED) is 0.340. The summed E-state index contributed by atoms with van der Waals surface area (Å²) < 4.78 is 3.56. The Morgan fingerprint density at radius 1 is 1.15 bits per heavy atom. The highest BCUT2D eigenvalue weighted by Gasteiger charge is 2.19. The molecule has 0 radical (unpaired) electrons. The van der Waals surface area contributed by atoms with E-state index in [0.29, 0.717) is 27.2 Å². The number of thioether (sulfide) groups is 1. The zero-order valence-corrected chi connectivity index (χ0v) is 20.8. The molecule has 0 saturated heterocycles. The molecule has 0 atom stereocenters. The van der Waals surface area contributed by atoms with Gasteiger partial charge in [0.25, 0.3) is 5.56 Å². The molecule has 3 aromatic heterocycles. The van der Waals surface area contributed by atoms with Crippen molar-refractivity contribution in [3.63, 3.8) is 0 Å². The second-order valence-corrected chi connectivity index (χ2v) is 9.83. The predicted molar refractivity (Wildman–Crippen MR) is 136 cm³/mol. The molecule has 0 aliphatic carbocycles. The van der Waals surface area contributed by atoms with Gasteiger partial charge in [-0.2, -0.15) is 0 Å². The van der Waals surface area contributed by atoms with E-state index in [2.05, 4.69) is 21.2 Å². The van der Waals surface area contributed by atoms with Crippen molar-refractivity contribution < 1.29 is 4.79 Å². The molecular weight excluding hydrogens is 468 g/mol. The molecule has 8 nitrogen and oxygen atoms in total. The van der Waals surface area contributed by atoms with Crippen molar-refractivity contribution in [3.05, 3.63) is 75.0 Å². The van der Waals surface area contributed by atoms with Crippen LogP contribution in [0, 0.1) is 13.8 Å². The molecule has 5 rings (SSSR count). The maximum Gasteiger partial charge on any atom is 0.267 e. The first-order valence-electron chi connectivity index (χ1n) is 10.6. The number of thiazole rings is 1. The average Bonchev–Trinajstić information content (AvgIpc) is 3.46. The van der Waals surface area contributed by atoms with Gasteiger partial charge in [0.15, 0.2) is 10.3 Å². The fraction of sp³-hybridized carbons (Fsp3) is 0.208. The van der Waals surface area contributed by atoms with Crippen molar-refractivity contribution >= 4 is 50.8 Å². The molecule has 5 aromatic rings. The van der Waals surface area contributed by atoms with Crippen LogP contribution in [0.2, 0.25) is 0 Å². The number of hydrogen-bond donors (Lipinski definition) is 0. The number of amides is 1. The summed E-state index contributed by atoms with van der Waals surface area (Å²) >= 11 is 2.92. The first-order chi connectivity index (χ1) is 16.3. The lowest BCUT2D eigenvalue weighted by Crippen LogP contribution is -2.22. The van der Waals surface area contributed by atoms with Crippen molar-refractivity contribution in [3.8, 4) is 5.69 Å². The van der Waals surface area contributed by atoms with E-state index in [1.54, 1.807) is 11.6 Å². The number of benzene rings is 2. The second kappa shape index (κ2) is 8.69. The summed E-state index contributed by atoms with van der Waals surface area (Å²) in [5.41, 5.74) is 4.37. The maximum absolute atomic E-state index is 13.5. The molecule has 0 N–H and O–H groups in total. The summed E-state index contributed by atoms with van der Waals surface area (Å²) in [4.78, 5) is 31.2. The van der Waals surface area contributed by atoms with Crippen molar-refractivity contribution in [2.75, 3.05) is 11.9 Å². The minimum absolute atomic E-state index is 0.0622. The zero-order valence-electron chi connectivity index (χ0n) is 19.1. The number of carbonyl (C=O) groups is 1. The molecule has 2 aromatic carbocycles. The molecule has 0 saturated carbocycles. The molecule has 1 amide bonds. The van der Waals surface area contributed by atoms with Crippen LogP contribution in [0.15, 0.2) is 57.8 Å². The number of fused-ring (bicyclic) bond motifs is 3. The maximum atomic E-state index is 13.5. The van der Waals surface area contributed by atoms with Crippen LogP contribution in [0.3, 0.4) is 0 Å². The van der Waals surface area contributed by atoms with E-state index >= 15 is 0 Å². The van der Waals surface area contributed by atoms with Crippen LogP contribution in [-0.4, -0.2) is 37.1 Å². The predicted octanol–water partition coefficient (Wildman–Crippen LogP) is 4.38. The Bertz CT molecular complexity index is 1620. The van der Waals surface area contributed by atoms with Crippen molar-refractivity contribution in [2.45, 2.75) is 31.7 Å². The lowest BCUT2D eigenvalue weighted by Gasteiger charge is -2.13. The number of anilines is 1. The van der Waals surface area contributed by atoms with E-state index in [9.17, 15) is 9.59 Å². The summed E-state index contributed by atoms with van der Waals surface area (Å²) in [5.74, 6) is 0.960. The van der Waals surface area contributed by atoms with Gasteiger partial charge in [0.1, 0.15) is 0 Å². The van der Waals surface area contributed by atoms with Crippen LogP contribution < -0.4 is 10.5 Å². The van der Waals surface area contributed by atoms with E-state index in [1.165, 1.54) is 34.9 Å². The SMILES string of the molecule is CC(=O)N(C)c1nc(CSc2nnc3n(-c4ccc(C)cc4C)c(=O)c4ccccc4n23)cs1. The summed E-state index contributed by atoms with van der Waals surface area (Å²) in [6.45, 7) is 5.53. The van der Waals surface area contributed by atoms with Gasteiger partial charge >= 0.3 is 0 Å². The lowest BCUT2D eigenvalue weighted by molar-refractivity contribution is -0.116. The number of aromatic nitrogens is 5. The third kappa shape index (κ3) is 3.78. The van der Waals surface area contributed by atoms with Gasteiger partial charge < -0.3 is 0 Å². The minimum Gasteiger partial charge on any atom is -0.292 e. The molecule has 0 spiro atoms. The molecule has 0 unspecified atom stereocenters. The third-order valence-corrected chi connectivity index (χ3v) is 7.56. The molecule has 0 aliphatic rings. The summed E-state index contributed by atoms with van der Waals surface area (Å²) in [6.07, 6.45) is 0. The van der Waals surface area contributed by atoms with Crippen LogP contribution >= 0.6 is 23.1 Å². The number of aryl methyl sites for hydroxylation is 2. The van der Waals surface area contributed by atoms with Crippen LogP contribution in [-0.2, 0) is 10.5 Å². The standard InChI is InChI=1S/C24H22N6O2S2/c1-14-9-10-19(15(2)11-14)29-21(32)18-7-5-6-8-20(18)30-22(29)26-27-24(30)34-13-17-12-33-23(25-17)28(4)16(3)31/h5-12H,13H2,1-4H3. The van der Waals surface area contributed by atoms with E-state index in [1.807, 2.05) is 60.0 Å². The summed E-state index contributed by atoms with van der Waals surface area (Å²) in [6, 6.07) is 13.5. The molecule has 10 heteroatoms. The molecule has 172 valence electrons. The van der Waals surface area contributed by atoms with Crippen LogP contribution in [0.5, 0.6) is 0 Å². The van der Waals surface area contributed by atoms with Gasteiger partial charge in [-0.05, 0) is 37.6 Å². The summed E-state index contributed by atoms with van der Waals surface area (Å²) in [5, 5.41) is 12.7. The Balaban J connectivity index is 1.62. The van der Waals surface area contributed by atoms with Gasteiger partial charge in [-0.3, -0.25) is 18.9 Å². The van der Waals surface area contributed by atoms with E-state index in [0.717, 1.165) is 28.0 Å². The normalized spacial score (nSPS) is 11.4. The molecule has 0 fully saturated rings.